The van der Waals surface area contributed by atoms with Crippen molar-refractivity contribution in [1.29, 1.82) is 0 Å². The number of amides is 2. The Morgan fingerprint density at radius 2 is 2.12 bits per heavy atom. The molecule has 0 aliphatic rings. The molecule has 1 aromatic carbocycles. The summed E-state index contributed by atoms with van der Waals surface area (Å²) in [6.45, 7) is 6.98. The van der Waals surface area contributed by atoms with Crippen molar-refractivity contribution in [3.8, 4) is 5.75 Å². The molecule has 2 aromatic rings. The average Bonchev–Trinajstić information content (AvgIpc) is 3.04. The van der Waals surface area contributed by atoms with Crippen molar-refractivity contribution in [1.82, 2.24) is 20.1 Å². The smallest absolute Gasteiger partial charge is 0.317 e. The number of hydrogen-bond donors (Lipinski definition) is 1. The molecule has 2 rings (SSSR count). The summed E-state index contributed by atoms with van der Waals surface area (Å²) in [5.41, 5.74) is 2.06. The summed E-state index contributed by atoms with van der Waals surface area (Å²) in [6, 6.07) is 7.91. The summed E-state index contributed by atoms with van der Waals surface area (Å²) in [5.74, 6) is 0.844. The van der Waals surface area contributed by atoms with Crippen LogP contribution in [0.15, 0.2) is 29.6 Å². The van der Waals surface area contributed by atoms with E-state index in [-0.39, 0.29) is 6.03 Å². The SMILES string of the molecule is CCNC(=O)N(CCN(C)C)Cc1csc(COc2cccc(C)c2)n1. The van der Waals surface area contributed by atoms with Crippen LogP contribution in [-0.4, -0.2) is 54.5 Å². The summed E-state index contributed by atoms with van der Waals surface area (Å²) in [7, 11) is 4.00. The first-order chi connectivity index (χ1) is 12.5. The van der Waals surface area contributed by atoms with Gasteiger partial charge in [-0.3, -0.25) is 0 Å². The van der Waals surface area contributed by atoms with Gasteiger partial charge < -0.3 is 19.9 Å². The van der Waals surface area contributed by atoms with Crippen LogP contribution in [0.2, 0.25) is 0 Å². The molecule has 1 aromatic heterocycles. The molecule has 26 heavy (non-hydrogen) atoms. The van der Waals surface area contributed by atoms with Gasteiger partial charge in [0.05, 0.1) is 12.2 Å². The van der Waals surface area contributed by atoms with Gasteiger partial charge in [0.1, 0.15) is 17.4 Å². The van der Waals surface area contributed by atoms with E-state index in [1.54, 1.807) is 16.2 Å². The lowest BCUT2D eigenvalue weighted by Crippen LogP contribution is -2.42. The summed E-state index contributed by atoms with van der Waals surface area (Å²) in [6.07, 6.45) is 0. The quantitative estimate of drug-likeness (QED) is 0.731. The zero-order valence-corrected chi connectivity index (χ0v) is 16.8. The van der Waals surface area contributed by atoms with Gasteiger partial charge in [-0.25, -0.2) is 9.78 Å². The molecule has 0 atom stereocenters. The maximum atomic E-state index is 12.3. The highest BCUT2D eigenvalue weighted by molar-refractivity contribution is 7.09. The third-order valence-corrected chi connectivity index (χ3v) is 4.61. The Hall–Kier alpha value is -2.12. The number of hydrogen-bond acceptors (Lipinski definition) is 5. The van der Waals surface area contributed by atoms with Crippen molar-refractivity contribution in [3.63, 3.8) is 0 Å². The number of aryl methyl sites for hydroxylation is 1. The average molecular weight is 377 g/mol. The first-order valence-corrected chi connectivity index (χ1v) is 9.66. The zero-order valence-electron chi connectivity index (χ0n) is 16.0. The van der Waals surface area contributed by atoms with E-state index < -0.39 is 0 Å². The first kappa shape index (κ1) is 20.2. The molecule has 6 nitrogen and oxygen atoms in total. The second kappa shape index (κ2) is 10.1. The van der Waals surface area contributed by atoms with E-state index in [4.69, 9.17) is 4.74 Å². The maximum absolute atomic E-state index is 12.3. The van der Waals surface area contributed by atoms with Gasteiger partial charge >= 0.3 is 6.03 Å². The predicted molar refractivity (Wildman–Crippen MR) is 106 cm³/mol. The Bertz CT molecular complexity index is 702. The molecule has 0 saturated heterocycles. The minimum atomic E-state index is -0.0556. The van der Waals surface area contributed by atoms with E-state index in [1.165, 1.54) is 5.56 Å². The van der Waals surface area contributed by atoms with Crippen LogP contribution >= 0.6 is 11.3 Å². The molecule has 2 amide bonds. The van der Waals surface area contributed by atoms with E-state index >= 15 is 0 Å². The highest BCUT2D eigenvalue weighted by Crippen LogP contribution is 2.17. The third-order valence-electron chi connectivity index (χ3n) is 3.74. The minimum absolute atomic E-state index is 0.0556. The van der Waals surface area contributed by atoms with Gasteiger partial charge in [0, 0.05) is 25.0 Å². The van der Waals surface area contributed by atoms with Crippen LogP contribution in [0.25, 0.3) is 0 Å². The van der Waals surface area contributed by atoms with Crippen LogP contribution in [0, 0.1) is 6.92 Å². The number of carbonyl (C=O) groups is 1. The predicted octanol–water partition coefficient (Wildman–Crippen LogP) is 3.12. The van der Waals surface area contributed by atoms with Crippen molar-refractivity contribution in [3.05, 3.63) is 45.9 Å². The lowest BCUT2D eigenvalue weighted by Gasteiger charge is -2.23. The van der Waals surface area contributed by atoms with Crippen molar-refractivity contribution in [2.45, 2.75) is 27.0 Å². The summed E-state index contributed by atoms with van der Waals surface area (Å²) >= 11 is 1.56. The van der Waals surface area contributed by atoms with Gasteiger partial charge in [-0.15, -0.1) is 11.3 Å². The van der Waals surface area contributed by atoms with E-state index in [2.05, 4.69) is 15.2 Å². The molecule has 7 heteroatoms. The summed E-state index contributed by atoms with van der Waals surface area (Å²) < 4.78 is 5.80. The largest absolute Gasteiger partial charge is 0.486 e. The Labute approximate surface area is 159 Å². The number of likely N-dealkylation sites (N-methyl/N-ethyl adjacent to an activating group) is 1. The minimum Gasteiger partial charge on any atom is -0.486 e. The number of rotatable bonds is 9. The highest BCUT2D eigenvalue weighted by Gasteiger charge is 2.15. The highest BCUT2D eigenvalue weighted by atomic mass is 32.1. The molecule has 0 aliphatic heterocycles. The van der Waals surface area contributed by atoms with Crippen LogP contribution in [0.1, 0.15) is 23.2 Å². The topological polar surface area (TPSA) is 57.7 Å². The molecular formula is C19H28N4O2S. The molecule has 0 aliphatic carbocycles. The van der Waals surface area contributed by atoms with Crippen LogP contribution in [0.5, 0.6) is 5.75 Å². The fourth-order valence-electron chi connectivity index (χ4n) is 2.37. The van der Waals surface area contributed by atoms with Crippen LogP contribution in [0.3, 0.4) is 0 Å². The fraction of sp³-hybridized carbons (Fsp3) is 0.474. The number of nitrogens with zero attached hydrogens (tertiary/aromatic N) is 3. The number of benzene rings is 1. The first-order valence-electron chi connectivity index (χ1n) is 8.78. The van der Waals surface area contributed by atoms with E-state index in [0.717, 1.165) is 23.0 Å². The van der Waals surface area contributed by atoms with Gasteiger partial charge in [0.15, 0.2) is 0 Å². The lowest BCUT2D eigenvalue weighted by atomic mass is 10.2. The zero-order chi connectivity index (χ0) is 18.9. The van der Waals surface area contributed by atoms with Crippen molar-refractivity contribution in [2.75, 3.05) is 33.7 Å². The molecular weight excluding hydrogens is 348 g/mol. The van der Waals surface area contributed by atoms with Crippen molar-refractivity contribution >= 4 is 17.4 Å². The number of thiazole rings is 1. The Balaban J connectivity index is 1.94. The van der Waals surface area contributed by atoms with Crippen LogP contribution in [-0.2, 0) is 13.2 Å². The van der Waals surface area contributed by atoms with Gasteiger partial charge in [-0.05, 0) is 45.6 Å². The maximum Gasteiger partial charge on any atom is 0.317 e. The number of carbonyl (C=O) groups excluding carboxylic acids is 1. The number of aromatic nitrogens is 1. The Morgan fingerprint density at radius 3 is 2.81 bits per heavy atom. The monoisotopic (exact) mass is 376 g/mol. The number of ether oxygens (including phenoxy) is 1. The molecule has 0 fully saturated rings. The molecule has 0 unspecified atom stereocenters. The molecule has 0 bridgehead atoms. The van der Waals surface area contributed by atoms with Crippen molar-refractivity contribution < 1.29 is 9.53 Å². The summed E-state index contributed by atoms with van der Waals surface area (Å²) in [4.78, 5) is 20.7. The Morgan fingerprint density at radius 1 is 1.31 bits per heavy atom. The second-order valence-corrected chi connectivity index (χ2v) is 7.34. The molecule has 0 radical (unpaired) electrons. The molecule has 1 N–H and O–H groups in total. The van der Waals surface area contributed by atoms with Crippen LogP contribution in [0.4, 0.5) is 4.79 Å². The van der Waals surface area contributed by atoms with Gasteiger partial charge in [0.25, 0.3) is 0 Å². The molecule has 1 heterocycles. The van der Waals surface area contributed by atoms with E-state index in [1.807, 2.05) is 57.6 Å². The molecule has 142 valence electrons. The third kappa shape index (κ3) is 6.65. The van der Waals surface area contributed by atoms with Gasteiger partial charge in [0.2, 0.25) is 0 Å². The standard InChI is InChI=1S/C19H28N4O2S/c1-5-20-19(24)23(10-9-22(3)4)12-16-14-26-18(21-16)13-25-17-8-6-7-15(2)11-17/h6-8,11,14H,5,9-10,12-13H2,1-4H3,(H,20,24). The fourth-order valence-corrected chi connectivity index (χ4v) is 3.07. The van der Waals surface area contributed by atoms with Gasteiger partial charge in [-0.1, -0.05) is 12.1 Å². The number of nitrogens with one attached hydrogen (secondary N) is 1. The normalized spacial score (nSPS) is 10.8. The van der Waals surface area contributed by atoms with E-state index in [9.17, 15) is 4.79 Å². The second-order valence-electron chi connectivity index (χ2n) is 6.40. The van der Waals surface area contributed by atoms with E-state index in [0.29, 0.717) is 26.2 Å². The van der Waals surface area contributed by atoms with Gasteiger partial charge in [-0.2, -0.15) is 0 Å². The number of urea groups is 1. The summed E-state index contributed by atoms with van der Waals surface area (Å²) in [5, 5.41) is 5.77. The Kier molecular flexibility index (Phi) is 7.87. The van der Waals surface area contributed by atoms with Crippen molar-refractivity contribution in [2.24, 2.45) is 0 Å². The molecule has 0 spiro atoms. The van der Waals surface area contributed by atoms with Crippen LogP contribution < -0.4 is 10.1 Å². The lowest BCUT2D eigenvalue weighted by molar-refractivity contribution is 0.188. The molecule has 0 saturated carbocycles.